The van der Waals surface area contributed by atoms with E-state index in [-0.39, 0.29) is 5.56 Å². The van der Waals surface area contributed by atoms with Crippen molar-refractivity contribution in [1.82, 2.24) is 24.7 Å². The van der Waals surface area contributed by atoms with Crippen LogP contribution in [-0.4, -0.2) is 24.7 Å². The first-order valence-corrected chi connectivity index (χ1v) is 11.3. The number of hydrogen-bond acceptors (Lipinski definition) is 6. The van der Waals surface area contributed by atoms with Crippen molar-refractivity contribution in [2.24, 2.45) is 5.92 Å². The number of thioether (sulfide) groups is 1. The Morgan fingerprint density at radius 1 is 1.33 bits per heavy atom. The summed E-state index contributed by atoms with van der Waals surface area (Å²) < 4.78 is 2.21. The van der Waals surface area contributed by atoms with Crippen molar-refractivity contribution >= 4 is 33.3 Å². The summed E-state index contributed by atoms with van der Waals surface area (Å²) in [5.41, 5.74) is 1.15. The molecule has 1 aliphatic carbocycles. The molecule has 0 saturated heterocycles. The van der Waals surface area contributed by atoms with Gasteiger partial charge in [-0.2, -0.15) is 0 Å². The molecule has 0 spiro atoms. The van der Waals surface area contributed by atoms with Crippen molar-refractivity contribution < 1.29 is 0 Å². The van der Waals surface area contributed by atoms with Crippen molar-refractivity contribution in [2.45, 2.75) is 70.3 Å². The van der Waals surface area contributed by atoms with Crippen molar-refractivity contribution in [2.75, 3.05) is 0 Å². The molecule has 1 aliphatic rings. The van der Waals surface area contributed by atoms with Crippen LogP contribution in [0.4, 0.5) is 0 Å². The van der Waals surface area contributed by atoms with Gasteiger partial charge in [-0.05, 0) is 44.6 Å². The van der Waals surface area contributed by atoms with Crippen LogP contribution in [0.5, 0.6) is 0 Å². The summed E-state index contributed by atoms with van der Waals surface area (Å²) in [7, 11) is 0. The number of H-pyrrole nitrogens is 1. The van der Waals surface area contributed by atoms with Crippen molar-refractivity contribution in [3.05, 3.63) is 32.4 Å². The highest BCUT2D eigenvalue weighted by atomic mass is 32.2. The van der Waals surface area contributed by atoms with Gasteiger partial charge in [-0.25, -0.2) is 4.98 Å². The zero-order valence-corrected chi connectivity index (χ0v) is 17.8. The lowest BCUT2D eigenvalue weighted by molar-refractivity contribution is 0.561. The summed E-state index contributed by atoms with van der Waals surface area (Å²) in [5.74, 6) is 2.82. The Balaban J connectivity index is 1.60. The number of aryl methyl sites for hydroxylation is 2. The van der Waals surface area contributed by atoms with Gasteiger partial charge in [0.05, 0.1) is 11.1 Å². The van der Waals surface area contributed by atoms with Crippen molar-refractivity contribution in [3.8, 4) is 0 Å². The van der Waals surface area contributed by atoms with Crippen LogP contribution in [0.25, 0.3) is 10.2 Å². The first-order chi connectivity index (χ1) is 13.0. The molecule has 144 valence electrons. The highest BCUT2D eigenvalue weighted by molar-refractivity contribution is 7.98. The lowest BCUT2D eigenvalue weighted by atomic mass is 9.98. The first kappa shape index (κ1) is 18.7. The number of aromatic nitrogens is 5. The second-order valence-corrected chi connectivity index (χ2v) is 9.61. The molecular formula is C19H25N5OS2. The third-order valence-electron chi connectivity index (χ3n) is 5.25. The van der Waals surface area contributed by atoms with Crippen LogP contribution in [0, 0.1) is 19.8 Å². The van der Waals surface area contributed by atoms with Crippen LogP contribution in [0.1, 0.15) is 61.2 Å². The Bertz CT molecular complexity index is 1030. The molecule has 0 radical (unpaired) electrons. The van der Waals surface area contributed by atoms with Crippen LogP contribution in [0.2, 0.25) is 0 Å². The summed E-state index contributed by atoms with van der Waals surface area (Å²) in [6, 6.07) is 0.542. The van der Waals surface area contributed by atoms with E-state index in [1.165, 1.54) is 23.3 Å². The normalized spacial score (nSPS) is 15.6. The quantitative estimate of drug-likeness (QED) is 0.591. The van der Waals surface area contributed by atoms with E-state index in [1.54, 1.807) is 23.1 Å². The number of fused-ring (bicyclic) bond motifs is 1. The molecule has 4 rings (SSSR count). The van der Waals surface area contributed by atoms with E-state index < -0.39 is 0 Å². The minimum Gasteiger partial charge on any atom is -0.309 e. The number of thiophene rings is 1. The molecule has 0 bridgehead atoms. The zero-order valence-electron chi connectivity index (χ0n) is 16.2. The average molecular weight is 404 g/mol. The average Bonchev–Trinajstić information content (AvgIpc) is 3.33. The monoisotopic (exact) mass is 403 g/mol. The molecular weight excluding hydrogens is 378 g/mol. The molecule has 1 atom stereocenters. The van der Waals surface area contributed by atoms with Gasteiger partial charge in [0, 0.05) is 10.9 Å². The number of nitrogens with zero attached hydrogens (tertiary/aromatic N) is 4. The van der Waals surface area contributed by atoms with Crippen molar-refractivity contribution in [1.29, 1.82) is 0 Å². The van der Waals surface area contributed by atoms with E-state index in [1.807, 2.05) is 6.92 Å². The Morgan fingerprint density at radius 2 is 2.11 bits per heavy atom. The topological polar surface area (TPSA) is 76.5 Å². The minimum atomic E-state index is -0.0157. The van der Waals surface area contributed by atoms with Crippen LogP contribution in [0.3, 0.4) is 0 Å². The van der Waals surface area contributed by atoms with Gasteiger partial charge in [-0.3, -0.25) is 4.79 Å². The molecule has 8 heteroatoms. The lowest BCUT2D eigenvalue weighted by Gasteiger charge is -2.08. The molecule has 0 aliphatic heterocycles. The van der Waals surface area contributed by atoms with Gasteiger partial charge >= 0.3 is 0 Å². The molecule has 1 saturated carbocycles. The SMILES string of the molecule is CC[C@H](C)Cc1c(C)sc2nc(CSc3nnc(C)n3C3CC3)[nH]c(=O)c12. The molecule has 3 aromatic rings. The predicted octanol–water partition coefficient (Wildman–Crippen LogP) is 4.41. The van der Waals surface area contributed by atoms with Crippen molar-refractivity contribution in [3.63, 3.8) is 0 Å². The van der Waals surface area contributed by atoms with E-state index >= 15 is 0 Å². The Kier molecular flexibility index (Phi) is 5.11. The Morgan fingerprint density at radius 3 is 2.81 bits per heavy atom. The molecule has 0 amide bonds. The fourth-order valence-electron chi connectivity index (χ4n) is 3.36. The van der Waals surface area contributed by atoms with Crippen LogP contribution in [-0.2, 0) is 12.2 Å². The van der Waals surface area contributed by atoms with E-state index in [0.29, 0.717) is 23.5 Å². The fourth-order valence-corrected chi connectivity index (χ4v) is 5.35. The maximum Gasteiger partial charge on any atom is 0.259 e. The van der Waals surface area contributed by atoms with Gasteiger partial charge in [0.1, 0.15) is 16.5 Å². The van der Waals surface area contributed by atoms with E-state index in [2.05, 4.69) is 40.5 Å². The van der Waals surface area contributed by atoms with Crippen LogP contribution < -0.4 is 5.56 Å². The second kappa shape index (κ2) is 7.39. The summed E-state index contributed by atoms with van der Waals surface area (Å²) in [6.45, 7) is 8.51. The minimum absolute atomic E-state index is 0.0157. The van der Waals surface area contributed by atoms with Gasteiger partial charge in [0.15, 0.2) is 5.16 Å². The highest BCUT2D eigenvalue weighted by Gasteiger charge is 2.28. The maximum atomic E-state index is 12.8. The maximum absolute atomic E-state index is 12.8. The van der Waals surface area contributed by atoms with Gasteiger partial charge in [-0.15, -0.1) is 21.5 Å². The molecule has 0 unspecified atom stereocenters. The smallest absolute Gasteiger partial charge is 0.259 e. The summed E-state index contributed by atoms with van der Waals surface area (Å²) in [5, 5.41) is 10.2. The number of nitrogens with one attached hydrogen (secondary N) is 1. The lowest BCUT2D eigenvalue weighted by Crippen LogP contribution is -2.12. The third kappa shape index (κ3) is 3.69. The van der Waals surface area contributed by atoms with Gasteiger partial charge in [0.2, 0.25) is 0 Å². The van der Waals surface area contributed by atoms with Crippen LogP contribution >= 0.6 is 23.1 Å². The predicted molar refractivity (Wildman–Crippen MR) is 111 cm³/mol. The summed E-state index contributed by atoms with van der Waals surface area (Å²) in [6.07, 6.45) is 4.44. The zero-order chi connectivity index (χ0) is 19.1. The number of aromatic amines is 1. The number of hydrogen-bond donors (Lipinski definition) is 1. The molecule has 0 aromatic carbocycles. The fraction of sp³-hybridized carbons (Fsp3) is 0.579. The van der Waals surface area contributed by atoms with E-state index in [4.69, 9.17) is 4.98 Å². The summed E-state index contributed by atoms with van der Waals surface area (Å²) in [4.78, 5) is 22.6. The molecule has 27 heavy (non-hydrogen) atoms. The molecule has 1 N–H and O–H groups in total. The molecule has 1 fully saturated rings. The largest absolute Gasteiger partial charge is 0.309 e. The number of rotatable bonds is 7. The van der Waals surface area contributed by atoms with Crippen LogP contribution in [0.15, 0.2) is 9.95 Å². The third-order valence-corrected chi connectivity index (χ3v) is 7.24. The second-order valence-electron chi connectivity index (χ2n) is 7.47. The highest BCUT2D eigenvalue weighted by Crippen LogP contribution is 2.39. The summed E-state index contributed by atoms with van der Waals surface area (Å²) >= 11 is 3.22. The van der Waals surface area contributed by atoms with Gasteiger partial charge in [0.25, 0.3) is 5.56 Å². The molecule has 3 aromatic heterocycles. The molecule has 6 nitrogen and oxygen atoms in total. The van der Waals surface area contributed by atoms with E-state index in [0.717, 1.165) is 34.0 Å². The van der Waals surface area contributed by atoms with Gasteiger partial charge < -0.3 is 9.55 Å². The van der Waals surface area contributed by atoms with E-state index in [9.17, 15) is 4.79 Å². The Hall–Kier alpha value is -1.67. The van der Waals surface area contributed by atoms with Gasteiger partial charge in [-0.1, -0.05) is 32.0 Å². The standard InChI is InChI=1S/C19H25N5OS2/c1-5-10(2)8-14-11(3)27-18-16(14)17(25)20-15(21-18)9-26-19-23-22-12(4)24(19)13-6-7-13/h10,13H,5-9H2,1-4H3,(H,20,21,25)/t10-/m0/s1. The first-order valence-electron chi connectivity index (χ1n) is 9.53. The molecule has 3 heterocycles. The Labute approximate surface area is 166 Å².